The van der Waals surface area contributed by atoms with Crippen molar-refractivity contribution >= 4 is 17.4 Å². The van der Waals surface area contributed by atoms with E-state index < -0.39 is 4.92 Å². The molecule has 2 unspecified atom stereocenters. The molecule has 0 bridgehead atoms. The van der Waals surface area contributed by atoms with Gasteiger partial charge in [-0.15, -0.1) is 0 Å². The van der Waals surface area contributed by atoms with E-state index in [4.69, 9.17) is 0 Å². The Bertz CT molecular complexity index is 489. The number of hydrogen-bond donors (Lipinski definition) is 3. The second kappa shape index (κ2) is 6.33. The van der Waals surface area contributed by atoms with E-state index in [1.807, 2.05) is 6.92 Å². The second-order valence-electron chi connectivity index (χ2n) is 4.89. The molecule has 0 spiro atoms. The van der Waals surface area contributed by atoms with E-state index in [2.05, 4.69) is 16.0 Å². The Balaban J connectivity index is 1.89. The van der Waals surface area contributed by atoms with E-state index in [0.29, 0.717) is 5.69 Å². The van der Waals surface area contributed by atoms with Crippen LogP contribution in [-0.4, -0.2) is 29.6 Å². The van der Waals surface area contributed by atoms with E-state index >= 15 is 0 Å². The summed E-state index contributed by atoms with van der Waals surface area (Å²) in [4.78, 5) is 21.9. The Morgan fingerprint density at radius 2 is 2.10 bits per heavy atom. The van der Waals surface area contributed by atoms with Crippen molar-refractivity contribution in [3.05, 3.63) is 34.4 Å². The lowest BCUT2D eigenvalue weighted by atomic mass is 10.0. The van der Waals surface area contributed by atoms with Crippen LogP contribution in [0.25, 0.3) is 0 Å². The van der Waals surface area contributed by atoms with E-state index in [9.17, 15) is 14.9 Å². The SMILES string of the molecule is CC1NCCCC1NC(=O)Nc1ccc([N+](=O)[O-])cc1. The highest BCUT2D eigenvalue weighted by molar-refractivity contribution is 5.89. The molecule has 7 heteroatoms. The Morgan fingerprint density at radius 3 is 2.70 bits per heavy atom. The highest BCUT2D eigenvalue weighted by Gasteiger charge is 2.22. The molecule has 0 aromatic heterocycles. The van der Waals surface area contributed by atoms with Crippen LogP contribution in [-0.2, 0) is 0 Å². The molecule has 1 fully saturated rings. The molecule has 2 rings (SSSR count). The molecular formula is C13H18N4O3. The van der Waals surface area contributed by atoms with Crippen LogP contribution < -0.4 is 16.0 Å². The maximum atomic E-state index is 11.9. The van der Waals surface area contributed by atoms with Gasteiger partial charge in [0.25, 0.3) is 5.69 Å². The molecule has 108 valence electrons. The molecule has 7 nitrogen and oxygen atoms in total. The number of piperidine rings is 1. The number of hydrogen-bond acceptors (Lipinski definition) is 4. The predicted molar refractivity (Wildman–Crippen MR) is 75.7 cm³/mol. The van der Waals surface area contributed by atoms with Gasteiger partial charge in [0.1, 0.15) is 0 Å². The number of nitro groups is 1. The molecule has 0 aliphatic carbocycles. The molecule has 0 saturated carbocycles. The average Bonchev–Trinajstić information content (AvgIpc) is 2.42. The fraction of sp³-hybridized carbons (Fsp3) is 0.462. The van der Waals surface area contributed by atoms with Crippen molar-refractivity contribution in [2.75, 3.05) is 11.9 Å². The fourth-order valence-electron chi connectivity index (χ4n) is 2.24. The van der Waals surface area contributed by atoms with Crippen molar-refractivity contribution in [2.24, 2.45) is 0 Å². The quantitative estimate of drug-likeness (QED) is 0.580. The van der Waals surface area contributed by atoms with Crippen LogP contribution in [0.2, 0.25) is 0 Å². The number of rotatable bonds is 3. The maximum Gasteiger partial charge on any atom is 0.319 e. The van der Waals surface area contributed by atoms with Crippen molar-refractivity contribution in [2.45, 2.75) is 31.8 Å². The van der Waals surface area contributed by atoms with Crippen LogP contribution in [0.3, 0.4) is 0 Å². The number of nitrogens with one attached hydrogen (secondary N) is 3. The first kappa shape index (κ1) is 14.3. The van der Waals surface area contributed by atoms with Gasteiger partial charge in [-0.05, 0) is 38.4 Å². The van der Waals surface area contributed by atoms with Gasteiger partial charge in [-0.3, -0.25) is 10.1 Å². The third-order valence-electron chi connectivity index (χ3n) is 3.41. The molecule has 1 aliphatic heterocycles. The minimum atomic E-state index is -0.473. The number of carbonyl (C=O) groups excluding carboxylic acids is 1. The number of benzene rings is 1. The van der Waals surface area contributed by atoms with Gasteiger partial charge in [0.15, 0.2) is 0 Å². The number of urea groups is 1. The van der Waals surface area contributed by atoms with Crippen molar-refractivity contribution in [1.29, 1.82) is 0 Å². The lowest BCUT2D eigenvalue weighted by Crippen LogP contribution is -2.52. The third-order valence-corrected chi connectivity index (χ3v) is 3.41. The summed E-state index contributed by atoms with van der Waals surface area (Å²) in [5.41, 5.74) is 0.533. The lowest BCUT2D eigenvalue weighted by molar-refractivity contribution is -0.384. The Kier molecular flexibility index (Phi) is 4.52. The molecule has 1 aromatic carbocycles. The van der Waals surface area contributed by atoms with Crippen molar-refractivity contribution in [1.82, 2.24) is 10.6 Å². The first-order chi connectivity index (χ1) is 9.56. The number of carbonyl (C=O) groups is 1. The summed E-state index contributed by atoms with van der Waals surface area (Å²) >= 11 is 0. The van der Waals surface area contributed by atoms with Gasteiger partial charge in [-0.2, -0.15) is 0 Å². The van der Waals surface area contributed by atoms with Gasteiger partial charge >= 0.3 is 6.03 Å². The van der Waals surface area contributed by atoms with Crippen LogP contribution in [0, 0.1) is 10.1 Å². The van der Waals surface area contributed by atoms with E-state index in [-0.39, 0.29) is 23.8 Å². The second-order valence-corrected chi connectivity index (χ2v) is 4.89. The van der Waals surface area contributed by atoms with Gasteiger partial charge in [-0.25, -0.2) is 4.79 Å². The first-order valence-corrected chi connectivity index (χ1v) is 6.61. The molecule has 2 amide bonds. The molecule has 1 heterocycles. The smallest absolute Gasteiger partial charge is 0.319 e. The minimum absolute atomic E-state index is 0.000982. The van der Waals surface area contributed by atoms with Gasteiger partial charge in [0, 0.05) is 29.9 Å². The molecular weight excluding hydrogens is 260 g/mol. The predicted octanol–water partition coefficient (Wildman–Crippen LogP) is 1.86. The average molecular weight is 278 g/mol. The standard InChI is InChI=1S/C13H18N4O3/c1-9-12(3-2-8-14-9)16-13(18)15-10-4-6-11(7-5-10)17(19)20/h4-7,9,12,14H,2-3,8H2,1H3,(H2,15,16,18). The van der Waals surface area contributed by atoms with Crippen molar-refractivity contribution < 1.29 is 9.72 Å². The van der Waals surface area contributed by atoms with E-state index in [1.54, 1.807) is 0 Å². The van der Waals surface area contributed by atoms with Crippen molar-refractivity contribution in [3.8, 4) is 0 Å². The zero-order valence-corrected chi connectivity index (χ0v) is 11.3. The lowest BCUT2D eigenvalue weighted by Gasteiger charge is -2.30. The van der Waals surface area contributed by atoms with Gasteiger partial charge in [0.2, 0.25) is 0 Å². The number of nitrogens with zero attached hydrogens (tertiary/aromatic N) is 1. The van der Waals surface area contributed by atoms with Gasteiger partial charge in [-0.1, -0.05) is 0 Å². The van der Waals surface area contributed by atoms with Crippen LogP contribution in [0.15, 0.2) is 24.3 Å². The molecule has 1 aromatic rings. The number of nitro benzene ring substituents is 1. The summed E-state index contributed by atoms with van der Waals surface area (Å²) in [6.45, 7) is 3.01. The molecule has 2 atom stereocenters. The topological polar surface area (TPSA) is 96.3 Å². The summed E-state index contributed by atoms with van der Waals surface area (Å²) in [6, 6.07) is 5.80. The zero-order valence-electron chi connectivity index (χ0n) is 11.3. The summed E-state index contributed by atoms with van der Waals surface area (Å²) in [6.07, 6.45) is 1.98. The van der Waals surface area contributed by atoms with Gasteiger partial charge in [0.05, 0.1) is 4.92 Å². The Hall–Kier alpha value is -2.15. The first-order valence-electron chi connectivity index (χ1n) is 6.61. The van der Waals surface area contributed by atoms with Crippen LogP contribution in [0.5, 0.6) is 0 Å². The summed E-state index contributed by atoms with van der Waals surface area (Å²) in [5.74, 6) is 0. The number of non-ortho nitro benzene ring substituents is 1. The maximum absolute atomic E-state index is 11.9. The monoisotopic (exact) mass is 278 g/mol. The summed E-state index contributed by atoms with van der Waals surface area (Å²) in [5, 5.41) is 19.4. The minimum Gasteiger partial charge on any atom is -0.334 e. The normalized spacial score (nSPS) is 22.1. The van der Waals surface area contributed by atoms with E-state index in [0.717, 1.165) is 19.4 Å². The largest absolute Gasteiger partial charge is 0.334 e. The zero-order chi connectivity index (χ0) is 14.5. The summed E-state index contributed by atoms with van der Waals surface area (Å²) < 4.78 is 0. The van der Waals surface area contributed by atoms with Crippen LogP contribution in [0.4, 0.5) is 16.2 Å². The molecule has 1 saturated heterocycles. The fourth-order valence-corrected chi connectivity index (χ4v) is 2.24. The number of anilines is 1. The highest BCUT2D eigenvalue weighted by atomic mass is 16.6. The third kappa shape index (κ3) is 3.67. The van der Waals surface area contributed by atoms with Crippen molar-refractivity contribution in [3.63, 3.8) is 0 Å². The Morgan fingerprint density at radius 1 is 1.40 bits per heavy atom. The molecule has 3 N–H and O–H groups in total. The molecule has 20 heavy (non-hydrogen) atoms. The summed E-state index contributed by atoms with van der Waals surface area (Å²) in [7, 11) is 0. The van der Waals surface area contributed by atoms with Crippen LogP contribution >= 0.6 is 0 Å². The molecule has 1 aliphatic rings. The molecule has 0 radical (unpaired) electrons. The number of amides is 2. The Labute approximate surface area is 116 Å². The van der Waals surface area contributed by atoms with E-state index in [1.165, 1.54) is 24.3 Å². The van der Waals surface area contributed by atoms with Gasteiger partial charge < -0.3 is 16.0 Å². The van der Waals surface area contributed by atoms with Crippen LogP contribution in [0.1, 0.15) is 19.8 Å². The highest BCUT2D eigenvalue weighted by Crippen LogP contribution is 2.15.